The first-order valence-electron chi connectivity index (χ1n) is 1.56. The van der Waals surface area contributed by atoms with E-state index in [2.05, 4.69) is 0 Å². The summed E-state index contributed by atoms with van der Waals surface area (Å²) >= 11 is 0. The minimum Gasteiger partial charge on any atom is -0.478 e. The van der Waals surface area contributed by atoms with Gasteiger partial charge in [0.1, 0.15) is 0 Å². The van der Waals surface area contributed by atoms with Crippen LogP contribution in [0.25, 0.3) is 0 Å². The van der Waals surface area contributed by atoms with E-state index >= 15 is 0 Å². The molecule has 0 heterocycles. The third-order valence-corrected chi connectivity index (χ3v) is 0.300. The van der Waals surface area contributed by atoms with Crippen molar-refractivity contribution >= 4 is 5.97 Å². The zero-order valence-electron chi connectivity index (χ0n) is 4.16. The highest BCUT2D eigenvalue weighted by Gasteiger charge is 1.79. The molecule has 0 amide bonds. The first kappa shape index (κ1) is 9.83. The summed E-state index contributed by atoms with van der Waals surface area (Å²) in [5.41, 5.74) is 0. The van der Waals surface area contributed by atoms with E-state index in [1.807, 2.05) is 0 Å². The zero-order chi connectivity index (χ0) is 5.70. The van der Waals surface area contributed by atoms with Crippen molar-refractivity contribution in [2.24, 2.45) is 0 Å². The fourth-order valence-electron chi connectivity index (χ4n) is 0.109. The number of allylic oxidation sites excluding steroid dienone is 1. The van der Waals surface area contributed by atoms with Gasteiger partial charge in [-0.05, 0) is 0 Å². The first-order valence-corrected chi connectivity index (χ1v) is 1.56. The van der Waals surface area contributed by atoms with Crippen LogP contribution < -0.4 is 6.15 Å². The van der Waals surface area contributed by atoms with Gasteiger partial charge in [0.2, 0.25) is 0 Å². The number of rotatable bonds is 1. The van der Waals surface area contributed by atoms with Crippen LogP contribution in [0.3, 0.4) is 0 Å². The third-order valence-electron chi connectivity index (χ3n) is 0.300. The number of hydrogen-bond acceptors (Lipinski definition) is 3. The molecule has 8 heavy (non-hydrogen) atoms. The number of carbonyl (C=O) groups is 1. The molecule has 0 aromatic heterocycles. The highest BCUT2D eigenvalue weighted by Crippen LogP contribution is 1.66. The van der Waals surface area contributed by atoms with E-state index in [1.54, 1.807) is 0 Å². The summed E-state index contributed by atoms with van der Waals surface area (Å²) in [6.45, 7) is 0. The molecule has 0 bridgehead atoms. The summed E-state index contributed by atoms with van der Waals surface area (Å²) < 4.78 is 0. The van der Waals surface area contributed by atoms with Crippen LogP contribution in [0.5, 0.6) is 0 Å². The maximum Gasteiger partial charge on any atom is 0.329 e. The van der Waals surface area contributed by atoms with Gasteiger partial charge in [0.15, 0.2) is 0 Å². The maximum atomic E-state index is 9.52. The summed E-state index contributed by atoms with van der Waals surface area (Å²) in [6, 6.07) is 1.54. The van der Waals surface area contributed by atoms with Crippen LogP contribution in [-0.4, -0.2) is 11.1 Å². The Morgan fingerprint density at radius 2 is 2.25 bits per heavy atom. The largest absolute Gasteiger partial charge is 0.478 e. The Morgan fingerprint density at radius 1 is 1.75 bits per heavy atom. The molecule has 0 spiro atoms. The van der Waals surface area contributed by atoms with Gasteiger partial charge in [-0.2, -0.15) is 5.26 Å². The molecule has 4 nitrogen and oxygen atoms in total. The Balaban J connectivity index is 0. The minimum absolute atomic E-state index is 0. The molecule has 0 aromatic rings. The maximum absolute atomic E-state index is 9.52. The third kappa shape index (κ3) is 8.82. The SMILES string of the molecule is N.N#C/C=C\C(=O)O. The van der Waals surface area contributed by atoms with Crippen LogP contribution in [0.15, 0.2) is 12.2 Å². The fourth-order valence-corrected chi connectivity index (χ4v) is 0.109. The molecular formula is C4H6N2O2. The lowest BCUT2D eigenvalue weighted by Crippen LogP contribution is -1.83. The van der Waals surface area contributed by atoms with Crippen LogP contribution in [0, 0.1) is 11.3 Å². The lowest BCUT2D eigenvalue weighted by atomic mass is 10.5. The smallest absolute Gasteiger partial charge is 0.329 e. The summed E-state index contributed by atoms with van der Waals surface area (Å²) in [5.74, 6) is -1.10. The quantitative estimate of drug-likeness (QED) is 0.378. The van der Waals surface area contributed by atoms with Gasteiger partial charge in [-0.25, -0.2) is 4.79 Å². The van der Waals surface area contributed by atoms with Gasteiger partial charge in [0, 0.05) is 12.2 Å². The highest BCUT2D eigenvalue weighted by atomic mass is 16.4. The van der Waals surface area contributed by atoms with E-state index < -0.39 is 5.97 Å². The van der Waals surface area contributed by atoms with E-state index in [4.69, 9.17) is 10.4 Å². The Labute approximate surface area is 46.6 Å². The molecule has 44 valence electrons. The first-order chi connectivity index (χ1) is 3.27. The normalized spacial score (nSPS) is 7.38. The van der Waals surface area contributed by atoms with Gasteiger partial charge in [0.05, 0.1) is 6.07 Å². The molecule has 0 saturated heterocycles. The Hall–Kier alpha value is -1.34. The van der Waals surface area contributed by atoms with Gasteiger partial charge in [-0.3, -0.25) is 0 Å². The fraction of sp³-hybridized carbons (Fsp3) is 0. The van der Waals surface area contributed by atoms with Crippen LogP contribution in [-0.2, 0) is 4.79 Å². The molecule has 0 rings (SSSR count). The number of carboxylic acids is 1. The van der Waals surface area contributed by atoms with Crippen molar-refractivity contribution in [1.29, 1.82) is 5.26 Å². The average Bonchev–Trinajstić information content (AvgIpc) is 1.61. The number of hydrogen-bond donors (Lipinski definition) is 2. The van der Waals surface area contributed by atoms with E-state index in [-0.39, 0.29) is 6.15 Å². The van der Waals surface area contributed by atoms with E-state index in [0.29, 0.717) is 0 Å². The van der Waals surface area contributed by atoms with Crippen LogP contribution in [0.4, 0.5) is 0 Å². The summed E-state index contributed by atoms with van der Waals surface area (Å²) in [7, 11) is 0. The van der Waals surface area contributed by atoms with Crippen molar-refractivity contribution in [3.63, 3.8) is 0 Å². The van der Waals surface area contributed by atoms with Crippen molar-refractivity contribution in [2.75, 3.05) is 0 Å². The van der Waals surface area contributed by atoms with Crippen molar-refractivity contribution in [2.45, 2.75) is 0 Å². The zero-order valence-corrected chi connectivity index (χ0v) is 4.16. The summed E-state index contributed by atoms with van der Waals surface area (Å²) in [6.07, 6.45) is 1.68. The Bertz CT molecular complexity index is 133. The predicted molar refractivity (Wildman–Crippen MR) is 27.4 cm³/mol. The van der Waals surface area contributed by atoms with Gasteiger partial charge in [0.25, 0.3) is 0 Å². The second-order valence-corrected chi connectivity index (χ2v) is 0.801. The topological polar surface area (TPSA) is 96.1 Å². The monoisotopic (exact) mass is 114 g/mol. The van der Waals surface area contributed by atoms with Crippen molar-refractivity contribution < 1.29 is 9.90 Å². The summed E-state index contributed by atoms with van der Waals surface area (Å²) in [4.78, 5) is 9.52. The van der Waals surface area contributed by atoms with Crippen LogP contribution in [0.1, 0.15) is 0 Å². The van der Waals surface area contributed by atoms with Crippen molar-refractivity contribution in [3.8, 4) is 6.07 Å². The van der Waals surface area contributed by atoms with E-state index in [0.717, 1.165) is 12.2 Å². The molecule has 0 radical (unpaired) electrons. The van der Waals surface area contributed by atoms with Crippen molar-refractivity contribution in [1.82, 2.24) is 6.15 Å². The van der Waals surface area contributed by atoms with E-state index in [9.17, 15) is 4.79 Å². The second-order valence-electron chi connectivity index (χ2n) is 0.801. The molecule has 4 heteroatoms. The van der Waals surface area contributed by atoms with Gasteiger partial charge < -0.3 is 11.3 Å². The lowest BCUT2D eigenvalue weighted by molar-refractivity contribution is -0.131. The van der Waals surface area contributed by atoms with Gasteiger partial charge >= 0.3 is 5.97 Å². The van der Waals surface area contributed by atoms with Gasteiger partial charge in [-0.15, -0.1) is 0 Å². The average molecular weight is 114 g/mol. The van der Waals surface area contributed by atoms with E-state index in [1.165, 1.54) is 6.07 Å². The Kier molecular flexibility index (Phi) is 6.95. The number of nitrogens with zero attached hydrogens (tertiary/aromatic N) is 1. The molecule has 0 fully saturated rings. The highest BCUT2D eigenvalue weighted by molar-refractivity contribution is 5.80. The molecule has 4 N–H and O–H groups in total. The molecule has 0 aliphatic heterocycles. The van der Waals surface area contributed by atoms with Gasteiger partial charge in [-0.1, -0.05) is 0 Å². The molecule has 0 aliphatic carbocycles. The Morgan fingerprint density at radius 3 is 2.38 bits per heavy atom. The molecule has 0 aliphatic rings. The molecule has 0 aromatic carbocycles. The van der Waals surface area contributed by atoms with Crippen molar-refractivity contribution in [3.05, 3.63) is 12.2 Å². The number of aliphatic carboxylic acids is 1. The van der Waals surface area contributed by atoms with Crippen LogP contribution in [0.2, 0.25) is 0 Å². The van der Waals surface area contributed by atoms with Crippen LogP contribution >= 0.6 is 0 Å². The second kappa shape index (κ2) is 5.66. The molecule has 0 unspecified atom stereocenters. The molecule has 0 atom stereocenters. The molecular weight excluding hydrogens is 108 g/mol. The standard InChI is InChI=1S/C4H3NO2.H3N/c5-3-1-2-4(6)7;/h1-2H,(H,6,7);1H3/b2-1-;. The molecule has 0 saturated carbocycles. The predicted octanol–water partition coefficient (Wildman–Crippen LogP) is 0.313. The lowest BCUT2D eigenvalue weighted by Gasteiger charge is -1.67. The summed E-state index contributed by atoms with van der Waals surface area (Å²) in [5, 5.41) is 15.5. The number of nitriles is 1. The minimum atomic E-state index is -1.10. The number of carboxylic acid groups (broad SMARTS) is 1.